The topological polar surface area (TPSA) is 47.3 Å². The van der Waals surface area contributed by atoms with Gasteiger partial charge in [0.2, 0.25) is 0 Å². The Morgan fingerprint density at radius 3 is 2.64 bits per heavy atom. The van der Waals surface area contributed by atoms with Gasteiger partial charge in [-0.05, 0) is 48.6 Å². The second-order valence-electron chi connectivity index (χ2n) is 5.73. The zero-order valence-electron chi connectivity index (χ0n) is 12.3. The number of ether oxygens (including phenoxy) is 1. The molecule has 1 saturated heterocycles. The van der Waals surface area contributed by atoms with Gasteiger partial charge in [-0.1, -0.05) is 24.3 Å². The van der Waals surface area contributed by atoms with E-state index in [4.69, 9.17) is 4.74 Å². The molecule has 0 aliphatic carbocycles. The molecule has 22 heavy (non-hydrogen) atoms. The molecule has 2 aromatic carbocycles. The van der Waals surface area contributed by atoms with Gasteiger partial charge in [-0.3, -0.25) is 0 Å². The van der Waals surface area contributed by atoms with Crippen LogP contribution in [0.2, 0.25) is 0 Å². The van der Waals surface area contributed by atoms with Crippen molar-refractivity contribution in [2.24, 2.45) is 0 Å². The summed E-state index contributed by atoms with van der Waals surface area (Å²) in [5.41, 5.74) is 3.29. The fourth-order valence-electron chi connectivity index (χ4n) is 3.02. The van der Waals surface area contributed by atoms with Crippen LogP contribution in [-0.2, 0) is 4.74 Å². The zero-order valence-corrected chi connectivity index (χ0v) is 12.3. The molecule has 1 aliphatic rings. The average Bonchev–Trinajstić information content (AvgIpc) is 2.99. The van der Waals surface area contributed by atoms with E-state index in [1.54, 1.807) is 12.1 Å². The maximum Gasteiger partial charge on any atom is 0.150 e. The van der Waals surface area contributed by atoms with Crippen molar-refractivity contribution in [1.29, 1.82) is 0 Å². The van der Waals surface area contributed by atoms with Gasteiger partial charge in [-0.2, -0.15) is 5.10 Å². The Labute approximate surface area is 129 Å². The van der Waals surface area contributed by atoms with Crippen molar-refractivity contribution in [3.8, 4) is 16.9 Å². The molecular weight excluding hydrogens is 276 g/mol. The van der Waals surface area contributed by atoms with Crippen LogP contribution >= 0.6 is 0 Å². The van der Waals surface area contributed by atoms with E-state index in [0.717, 1.165) is 41.5 Å². The molecule has 0 saturated carbocycles. The van der Waals surface area contributed by atoms with E-state index in [1.807, 2.05) is 23.0 Å². The molecule has 4 nitrogen and oxygen atoms in total. The molecule has 0 spiro atoms. The molecule has 1 aliphatic heterocycles. The summed E-state index contributed by atoms with van der Waals surface area (Å²) in [4.78, 5) is 0. The minimum absolute atomic E-state index is 0.0429. The van der Waals surface area contributed by atoms with Gasteiger partial charge in [-0.15, -0.1) is 0 Å². The summed E-state index contributed by atoms with van der Waals surface area (Å²) in [6.45, 7) is 0.809. The molecule has 3 aromatic rings. The predicted octanol–water partition coefficient (Wildman–Crippen LogP) is 4.11. The Morgan fingerprint density at radius 1 is 1.05 bits per heavy atom. The van der Waals surface area contributed by atoms with E-state index in [0.29, 0.717) is 0 Å². The molecule has 1 N–H and O–H groups in total. The number of phenols is 1. The predicted molar refractivity (Wildman–Crippen MR) is 85.7 cm³/mol. The first-order valence-electron chi connectivity index (χ1n) is 7.69. The van der Waals surface area contributed by atoms with E-state index in [9.17, 15) is 5.11 Å². The first-order valence-corrected chi connectivity index (χ1v) is 7.69. The van der Waals surface area contributed by atoms with Crippen molar-refractivity contribution in [3.05, 3.63) is 48.7 Å². The molecule has 1 fully saturated rings. The summed E-state index contributed by atoms with van der Waals surface area (Å²) in [5, 5.41) is 15.1. The van der Waals surface area contributed by atoms with Gasteiger partial charge in [0.05, 0.1) is 11.7 Å². The van der Waals surface area contributed by atoms with Crippen LogP contribution in [0.15, 0.2) is 48.7 Å². The monoisotopic (exact) mass is 294 g/mol. The third-order valence-corrected chi connectivity index (χ3v) is 4.23. The average molecular weight is 294 g/mol. The van der Waals surface area contributed by atoms with Gasteiger partial charge >= 0.3 is 0 Å². The Balaban J connectivity index is 1.77. The van der Waals surface area contributed by atoms with E-state index in [-0.39, 0.29) is 12.0 Å². The number of fused-ring (bicyclic) bond motifs is 1. The lowest BCUT2D eigenvalue weighted by Crippen LogP contribution is -2.18. The lowest BCUT2D eigenvalue weighted by atomic mass is 10.0. The van der Waals surface area contributed by atoms with Gasteiger partial charge in [0.25, 0.3) is 0 Å². The Bertz CT molecular complexity index is 786. The summed E-state index contributed by atoms with van der Waals surface area (Å²) in [6, 6.07) is 13.6. The molecule has 4 heteroatoms. The Hall–Kier alpha value is -2.33. The van der Waals surface area contributed by atoms with Gasteiger partial charge in [0, 0.05) is 12.0 Å². The quantitative estimate of drug-likeness (QED) is 0.773. The summed E-state index contributed by atoms with van der Waals surface area (Å²) in [6.07, 6.45) is 5.27. The van der Waals surface area contributed by atoms with Crippen molar-refractivity contribution in [2.45, 2.75) is 25.5 Å². The minimum Gasteiger partial charge on any atom is -0.508 e. The fraction of sp³-hybridized carbons (Fsp3) is 0.278. The summed E-state index contributed by atoms with van der Waals surface area (Å²) in [5.74, 6) is 0.283. The first kappa shape index (κ1) is 13.3. The molecular formula is C18H18N2O2. The molecule has 0 bridgehead atoms. The lowest BCUT2D eigenvalue weighted by molar-refractivity contribution is -0.0366. The molecule has 4 rings (SSSR count). The van der Waals surface area contributed by atoms with E-state index >= 15 is 0 Å². The van der Waals surface area contributed by atoms with Crippen LogP contribution in [0.1, 0.15) is 25.5 Å². The third-order valence-electron chi connectivity index (χ3n) is 4.23. The van der Waals surface area contributed by atoms with Crippen LogP contribution in [0.3, 0.4) is 0 Å². The summed E-state index contributed by atoms with van der Waals surface area (Å²) < 4.78 is 7.86. The standard InChI is InChI=1S/C18H18N2O2/c21-16-8-6-13(7-9-16)14-4-5-15-12-19-20(17(15)11-14)18-3-1-2-10-22-18/h4-9,11-12,18,21H,1-3,10H2. The van der Waals surface area contributed by atoms with Gasteiger partial charge in [0.15, 0.2) is 6.23 Å². The smallest absolute Gasteiger partial charge is 0.150 e. The van der Waals surface area contributed by atoms with Crippen LogP contribution in [-0.4, -0.2) is 21.5 Å². The molecule has 1 unspecified atom stereocenters. The molecule has 1 aromatic heterocycles. The zero-order chi connectivity index (χ0) is 14.9. The summed E-state index contributed by atoms with van der Waals surface area (Å²) >= 11 is 0. The number of aromatic nitrogens is 2. The highest BCUT2D eigenvalue weighted by atomic mass is 16.5. The highest BCUT2D eigenvalue weighted by molar-refractivity contribution is 5.84. The SMILES string of the molecule is Oc1ccc(-c2ccc3cnn(C4CCCCO4)c3c2)cc1. The number of hydrogen-bond donors (Lipinski definition) is 1. The maximum absolute atomic E-state index is 9.43. The van der Waals surface area contributed by atoms with Crippen LogP contribution in [0.5, 0.6) is 5.75 Å². The number of nitrogens with zero attached hydrogens (tertiary/aromatic N) is 2. The first-order chi connectivity index (χ1) is 10.8. The van der Waals surface area contributed by atoms with Crippen LogP contribution in [0, 0.1) is 0 Å². The Kier molecular flexibility index (Phi) is 3.31. The third kappa shape index (κ3) is 2.35. The fourth-order valence-corrected chi connectivity index (χ4v) is 3.02. The number of aromatic hydroxyl groups is 1. The highest BCUT2D eigenvalue weighted by Crippen LogP contribution is 2.29. The number of benzene rings is 2. The number of hydrogen-bond acceptors (Lipinski definition) is 3. The summed E-state index contributed by atoms with van der Waals surface area (Å²) in [7, 11) is 0. The van der Waals surface area contributed by atoms with Crippen LogP contribution < -0.4 is 0 Å². The van der Waals surface area contributed by atoms with Gasteiger partial charge in [-0.25, -0.2) is 4.68 Å². The second-order valence-corrected chi connectivity index (χ2v) is 5.73. The molecule has 112 valence electrons. The van der Waals surface area contributed by atoms with E-state index < -0.39 is 0 Å². The van der Waals surface area contributed by atoms with Crippen molar-refractivity contribution in [3.63, 3.8) is 0 Å². The van der Waals surface area contributed by atoms with Crippen LogP contribution in [0.25, 0.3) is 22.0 Å². The molecule has 0 amide bonds. The van der Waals surface area contributed by atoms with Crippen molar-refractivity contribution >= 4 is 10.9 Å². The number of rotatable bonds is 2. The largest absolute Gasteiger partial charge is 0.508 e. The lowest BCUT2D eigenvalue weighted by Gasteiger charge is -2.23. The van der Waals surface area contributed by atoms with Gasteiger partial charge < -0.3 is 9.84 Å². The van der Waals surface area contributed by atoms with E-state index in [2.05, 4.69) is 23.3 Å². The normalized spacial score (nSPS) is 18.6. The highest BCUT2D eigenvalue weighted by Gasteiger charge is 2.18. The van der Waals surface area contributed by atoms with Crippen molar-refractivity contribution in [2.75, 3.05) is 6.61 Å². The molecule has 2 heterocycles. The van der Waals surface area contributed by atoms with Crippen molar-refractivity contribution in [1.82, 2.24) is 9.78 Å². The molecule has 1 atom stereocenters. The molecule has 0 radical (unpaired) electrons. The van der Waals surface area contributed by atoms with E-state index in [1.165, 1.54) is 6.42 Å². The van der Waals surface area contributed by atoms with Crippen molar-refractivity contribution < 1.29 is 9.84 Å². The Morgan fingerprint density at radius 2 is 1.86 bits per heavy atom. The maximum atomic E-state index is 9.43. The second kappa shape index (κ2) is 5.46. The van der Waals surface area contributed by atoms with Gasteiger partial charge in [0.1, 0.15) is 5.75 Å². The number of phenolic OH excluding ortho intramolecular Hbond substituents is 1. The minimum atomic E-state index is 0.0429. The van der Waals surface area contributed by atoms with Crippen LogP contribution in [0.4, 0.5) is 0 Å².